The molecule has 9 rings (SSSR count). The minimum Gasteiger partial charge on any atom is -0.260 e. The van der Waals surface area contributed by atoms with Crippen molar-refractivity contribution in [1.29, 1.82) is 0 Å². The Balaban J connectivity index is 1.28. The summed E-state index contributed by atoms with van der Waals surface area (Å²) < 4.78 is 2.04. The van der Waals surface area contributed by atoms with Crippen LogP contribution in [-0.4, -0.2) is 24.5 Å². The van der Waals surface area contributed by atoms with Gasteiger partial charge in [-0.15, -0.1) is 0 Å². The van der Waals surface area contributed by atoms with E-state index in [9.17, 15) is 0 Å². The van der Waals surface area contributed by atoms with E-state index in [1.165, 1.54) is 16.5 Å². The molecular weight excluding hydrogens is 574 g/mol. The lowest BCUT2D eigenvalue weighted by molar-refractivity contribution is 0.958. The second-order valence-electron chi connectivity index (χ2n) is 11.5. The molecule has 0 aliphatic heterocycles. The molecule has 0 aliphatic carbocycles. The highest BCUT2D eigenvalue weighted by Gasteiger charge is 2.20. The number of imidazole rings is 1. The Bertz CT molecular complexity index is 2540. The molecule has 0 aliphatic rings. The molecule has 0 saturated carbocycles. The monoisotopic (exact) mass is 601 g/mol. The van der Waals surface area contributed by atoms with Crippen molar-refractivity contribution >= 4 is 32.6 Å². The fourth-order valence-electron chi connectivity index (χ4n) is 6.67. The lowest BCUT2D eigenvalue weighted by Gasteiger charge is -2.18. The van der Waals surface area contributed by atoms with Crippen LogP contribution in [0, 0.1) is 0 Å². The Kier molecular flexibility index (Phi) is 6.39. The summed E-state index contributed by atoms with van der Waals surface area (Å²) in [6.45, 7) is 0. The average Bonchev–Trinajstić information content (AvgIpc) is 3.54. The van der Waals surface area contributed by atoms with Crippen LogP contribution in [0.4, 0.5) is 0 Å². The Hall–Kier alpha value is -6.46. The SMILES string of the molecule is c1ccc(-c2c3ccccc3c(-c3cnc(-n4c(-c5ccccc5)nc5ccccc54)nc3)c3ccc(-c4ccccn4)cc23)cc1. The van der Waals surface area contributed by atoms with Gasteiger partial charge in [-0.2, -0.15) is 0 Å². The van der Waals surface area contributed by atoms with E-state index in [0.29, 0.717) is 5.95 Å². The molecule has 220 valence electrons. The van der Waals surface area contributed by atoms with Gasteiger partial charge in [0.25, 0.3) is 0 Å². The number of fused-ring (bicyclic) bond motifs is 3. The lowest BCUT2D eigenvalue weighted by Crippen LogP contribution is -2.03. The van der Waals surface area contributed by atoms with Gasteiger partial charge in [0.2, 0.25) is 5.95 Å². The number of hydrogen-bond acceptors (Lipinski definition) is 4. The van der Waals surface area contributed by atoms with Gasteiger partial charge in [-0.3, -0.25) is 9.55 Å². The summed E-state index contributed by atoms with van der Waals surface area (Å²) in [4.78, 5) is 19.6. The fourth-order valence-corrected chi connectivity index (χ4v) is 6.67. The largest absolute Gasteiger partial charge is 0.260 e. The van der Waals surface area contributed by atoms with Crippen LogP contribution in [0.2, 0.25) is 0 Å². The summed E-state index contributed by atoms with van der Waals surface area (Å²) in [6.07, 6.45) is 5.74. The van der Waals surface area contributed by atoms with E-state index in [2.05, 4.69) is 102 Å². The molecule has 0 unspecified atom stereocenters. The number of rotatable bonds is 5. The maximum Gasteiger partial charge on any atom is 0.235 e. The molecule has 6 aromatic carbocycles. The van der Waals surface area contributed by atoms with Crippen molar-refractivity contribution < 1.29 is 0 Å². The molecule has 0 atom stereocenters. The van der Waals surface area contributed by atoms with Gasteiger partial charge < -0.3 is 0 Å². The molecule has 5 heteroatoms. The third-order valence-electron chi connectivity index (χ3n) is 8.77. The minimum atomic E-state index is 0.577. The van der Waals surface area contributed by atoms with E-state index in [1.807, 2.05) is 71.7 Å². The van der Waals surface area contributed by atoms with Crippen molar-refractivity contribution in [2.24, 2.45) is 0 Å². The van der Waals surface area contributed by atoms with Crippen molar-refractivity contribution in [2.75, 3.05) is 0 Å². The lowest BCUT2D eigenvalue weighted by atomic mass is 9.85. The first-order valence-corrected chi connectivity index (χ1v) is 15.6. The third kappa shape index (κ3) is 4.56. The zero-order chi connectivity index (χ0) is 31.2. The van der Waals surface area contributed by atoms with Crippen LogP contribution >= 0.6 is 0 Å². The molecular formula is C42H27N5. The summed E-state index contributed by atoms with van der Waals surface area (Å²) in [5.41, 5.74) is 9.31. The molecule has 0 fully saturated rings. The molecule has 0 radical (unpaired) electrons. The summed E-state index contributed by atoms with van der Waals surface area (Å²) in [5.74, 6) is 1.39. The maximum absolute atomic E-state index is 5.00. The van der Waals surface area contributed by atoms with Crippen LogP contribution in [-0.2, 0) is 0 Å². The Morgan fingerprint density at radius 3 is 1.77 bits per heavy atom. The standard InChI is InChI=1S/C42H27N5/c1-3-13-28(14-4-1)39-32-17-7-8-18-33(32)40(34-23-22-30(25-35(34)39)36-19-11-12-24-43-36)31-26-44-42(45-27-31)47-38-21-10-9-20-37(38)46-41(47)29-15-5-2-6-16-29/h1-27H. The van der Waals surface area contributed by atoms with E-state index < -0.39 is 0 Å². The van der Waals surface area contributed by atoms with Crippen molar-refractivity contribution in [3.05, 3.63) is 164 Å². The molecule has 3 aromatic heterocycles. The molecule has 0 bridgehead atoms. The topological polar surface area (TPSA) is 56.5 Å². The summed E-state index contributed by atoms with van der Waals surface area (Å²) in [6, 6.07) is 50.3. The number of aromatic nitrogens is 5. The van der Waals surface area contributed by atoms with Crippen LogP contribution in [0.15, 0.2) is 164 Å². The van der Waals surface area contributed by atoms with Crippen LogP contribution in [0.5, 0.6) is 0 Å². The second-order valence-corrected chi connectivity index (χ2v) is 11.5. The normalized spacial score (nSPS) is 11.4. The molecule has 0 N–H and O–H groups in total. The first-order valence-electron chi connectivity index (χ1n) is 15.6. The molecule has 5 nitrogen and oxygen atoms in total. The van der Waals surface area contributed by atoms with Crippen molar-refractivity contribution in [3.63, 3.8) is 0 Å². The van der Waals surface area contributed by atoms with Gasteiger partial charge in [-0.05, 0) is 63.0 Å². The third-order valence-corrected chi connectivity index (χ3v) is 8.77. The van der Waals surface area contributed by atoms with Gasteiger partial charge >= 0.3 is 0 Å². The number of hydrogen-bond donors (Lipinski definition) is 0. The number of nitrogens with zero attached hydrogens (tertiary/aromatic N) is 5. The predicted octanol–water partition coefficient (Wildman–Crippen LogP) is 10.2. The molecule has 9 aromatic rings. The smallest absolute Gasteiger partial charge is 0.235 e. The van der Waals surface area contributed by atoms with E-state index in [4.69, 9.17) is 15.0 Å². The minimum absolute atomic E-state index is 0.577. The highest BCUT2D eigenvalue weighted by Crippen LogP contribution is 2.44. The van der Waals surface area contributed by atoms with E-state index >= 15 is 0 Å². The van der Waals surface area contributed by atoms with Gasteiger partial charge in [-0.1, -0.05) is 115 Å². The number of para-hydroxylation sites is 2. The molecule has 3 heterocycles. The summed E-state index contributed by atoms with van der Waals surface area (Å²) in [5, 5.41) is 4.62. The molecule has 0 spiro atoms. The quantitative estimate of drug-likeness (QED) is 0.184. The van der Waals surface area contributed by atoms with Crippen LogP contribution in [0.1, 0.15) is 0 Å². The van der Waals surface area contributed by atoms with E-state index in [1.54, 1.807) is 0 Å². The Labute approximate surface area is 271 Å². The van der Waals surface area contributed by atoms with Crippen molar-refractivity contribution in [3.8, 4) is 50.8 Å². The Morgan fingerprint density at radius 2 is 1.04 bits per heavy atom. The van der Waals surface area contributed by atoms with Crippen molar-refractivity contribution in [1.82, 2.24) is 24.5 Å². The van der Waals surface area contributed by atoms with Crippen molar-refractivity contribution in [2.45, 2.75) is 0 Å². The first kappa shape index (κ1) is 26.9. The number of pyridine rings is 1. The molecule has 0 saturated heterocycles. The molecule has 47 heavy (non-hydrogen) atoms. The van der Waals surface area contributed by atoms with E-state index in [0.717, 1.165) is 61.0 Å². The van der Waals surface area contributed by atoms with Crippen LogP contribution < -0.4 is 0 Å². The predicted molar refractivity (Wildman–Crippen MR) is 191 cm³/mol. The second kappa shape index (κ2) is 11.2. The number of benzene rings is 6. The Morgan fingerprint density at radius 1 is 0.426 bits per heavy atom. The van der Waals surface area contributed by atoms with E-state index in [-0.39, 0.29) is 0 Å². The maximum atomic E-state index is 5.00. The molecule has 0 amide bonds. The van der Waals surface area contributed by atoms with Gasteiger partial charge in [-0.25, -0.2) is 15.0 Å². The average molecular weight is 602 g/mol. The summed E-state index contributed by atoms with van der Waals surface area (Å²) in [7, 11) is 0. The first-order chi connectivity index (χ1) is 23.3. The highest BCUT2D eigenvalue weighted by molar-refractivity contribution is 6.21. The van der Waals surface area contributed by atoms with Gasteiger partial charge in [0.05, 0.1) is 16.7 Å². The summed E-state index contributed by atoms with van der Waals surface area (Å²) >= 11 is 0. The zero-order valence-corrected chi connectivity index (χ0v) is 25.3. The highest BCUT2D eigenvalue weighted by atomic mass is 15.2. The zero-order valence-electron chi connectivity index (χ0n) is 25.3. The fraction of sp³-hybridized carbons (Fsp3) is 0. The van der Waals surface area contributed by atoms with Crippen LogP contribution in [0.3, 0.4) is 0 Å². The van der Waals surface area contributed by atoms with Gasteiger partial charge in [0.1, 0.15) is 5.82 Å². The van der Waals surface area contributed by atoms with Crippen LogP contribution in [0.25, 0.3) is 83.4 Å². The van der Waals surface area contributed by atoms with Gasteiger partial charge in [0.15, 0.2) is 0 Å². The van der Waals surface area contributed by atoms with Gasteiger partial charge in [0, 0.05) is 40.8 Å².